The Kier molecular flexibility index (Phi) is 4.55. The van der Waals surface area contributed by atoms with Gasteiger partial charge >= 0.3 is 11.7 Å². The van der Waals surface area contributed by atoms with Crippen molar-refractivity contribution in [3.8, 4) is 0 Å². The average Bonchev–Trinajstić information content (AvgIpc) is 3.47. The zero-order valence-electron chi connectivity index (χ0n) is 17.2. The van der Waals surface area contributed by atoms with E-state index in [4.69, 9.17) is 0 Å². The normalized spacial score (nSPS) is 14.9. The number of aliphatic carboxylic acids is 1. The van der Waals surface area contributed by atoms with E-state index in [0.29, 0.717) is 23.7 Å². The van der Waals surface area contributed by atoms with Crippen molar-refractivity contribution in [2.24, 2.45) is 5.92 Å². The molecule has 1 N–H and O–H groups in total. The van der Waals surface area contributed by atoms with Gasteiger partial charge in [0, 0.05) is 5.39 Å². The molecule has 0 aliphatic heterocycles. The van der Waals surface area contributed by atoms with E-state index >= 15 is 0 Å². The highest BCUT2D eigenvalue weighted by molar-refractivity contribution is 7.07. The van der Waals surface area contributed by atoms with Crippen LogP contribution in [0.25, 0.3) is 21.8 Å². The van der Waals surface area contributed by atoms with Gasteiger partial charge in [-0.05, 0) is 73.5 Å². The molecule has 1 fully saturated rings. The minimum Gasteiger partial charge on any atom is -0.480 e. The fourth-order valence-corrected chi connectivity index (χ4v) is 5.35. The molecule has 5 rings (SSSR count). The fraction of sp³-hybridized carbons (Fsp3) is 0.304. The lowest BCUT2D eigenvalue weighted by Gasteiger charge is -2.18. The first-order valence-electron chi connectivity index (χ1n) is 10.2. The molecule has 0 bridgehead atoms. The third kappa shape index (κ3) is 3.18. The Hall–Kier alpha value is -3.26. The van der Waals surface area contributed by atoms with Crippen molar-refractivity contribution in [1.82, 2.24) is 13.5 Å². The molecule has 2 heterocycles. The lowest BCUT2D eigenvalue weighted by molar-refractivity contribution is -0.141. The molecule has 0 saturated heterocycles. The Bertz CT molecular complexity index is 1480. The average molecular weight is 436 g/mol. The van der Waals surface area contributed by atoms with E-state index in [2.05, 4.69) is 10.4 Å². The molecule has 0 unspecified atom stereocenters. The van der Waals surface area contributed by atoms with Gasteiger partial charge in [0.15, 0.2) is 0 Å². The number of para-hydroxylation sites is 1. The predicted octanol–water partition coefficient (Wildman–Crippen LogP) is 3.47. The molecule has 0 spiro atoms. The third-order valence-electron chi connectivity index (χ3n) is 5.97. The summed E-state index contributed by atoms with van der Waals surface area (Å²) in [6.45, 7) is 4.26. The van der Waals surface area contributed by atoms with Crippen molar-refractivity contribution in [2.75, 3.05) is 0 Å². The second-order valence-corrected chi connectivity index (χ2v) is 9.12. The van der Waals surface area contributed by atoms with Crippen LogP contribution < -0.4 is 11.2 Å². The molecule has 2 aromatic carbocycles. The number of carboxylic acid groups (broad SMARTS) is 1. The topological polar surface area (TPSA) is 94.2 Å². The lowest BCUT2D eigenvalue weighted by Crippen LogP contribution is -2.45. The number of carboxylic acids is 1. The van der Waals surface area contributed by atoms with Crippen LogP contribution in [0.2, 0.25) is 0 Å². The van der Waals surface area contributed by atoms with E-state index in [0.717, 1.165) is 31.5 Å². The molecule has 0 amide bonds. The van der Waals surface area contributed by atoms with Crippen molar-refractivity contribution in [2.45, 2.75) is 39.3 Å². The number of carbonyl (C=O) groups is 1. The van der Waals surface area contributed by atoms with Crippen LogP contribution in [0.3, 0.4) is 0 Å². The first-order valence-corrected chi connectivity index (χ1v) is 11.0. The van der Waals surface area contributed by atoms with E-state index in [1.807, 2.05) is 19.9 Å². The summed E-state index contributed by atoms with van der Waals surface area (Å²) in [5.74, 6) is -1.33. The van der Waals surface area contributed by atoms with Gasteiger partial charge in [-0.25, -0.2) is 14.2 Å². The first kappa shape index (κ1) is 19.7. The highest BCUT2D eigenvalue weighted by Gasteiger charge is 2.40. The number of aryl methyl sites for hydroxylation is 2. The van der Waals surface area contributed by atoms with Gasteiger partial charge in [-0.15, -0.1) is 0 Å². The Morgan fingerprint density at radius 3 is 2.68 bits per heavy atom. The predicted molar refractivity (Wildman–Crippen MR) is 120 cm³/mol. The summed E-state index contributed by atoms with van der Waals surface area (Å²) in [7, 11) is 0. The molecular formula is C23H21N3O4S. The maximum Gasteiger partial charge on any atom is 0.332 e. The quantitative estimate of drug-likeness (QED) is 0.518. The monoisotopic (exact) mass is 435 g/mol. The SMILES string of the molecule is Cc1cc(C)c2c(Cn3c(=O)n([C@@H](C(=O)O)C4CC4)c(=O)c4ccccc43)snc2c1. The minimum absolute atomic E-state index is 0.188. The van der Waals surface area contributed by atoms with Crippen molar-refractivity contribution in [3.63, 3.8) is 0 Å². The lowest BCUT2D eigenvalue weighted by atomic mass is 10.1. The van der Waals surface area contributed by atoms with Gasteiger partial charge in [0.1, 0.15) is 6.04 Å². The molecule has 1 atom stereocenters. The van der Waals surface area contributed by atoms with E-state index in [-0.39, 0.29) is 12.5 Å². The van der Waals surface area contributed by atoms with E-state index in [1.165, 1.54) is 16.1 Å². The molecule has 1 aliphatic carbocycles. The van der Waals surface area contributed by atoms with E-state index in [9.17, 15) is 19.5 Å². The molecular weight excluding hydrogens is 414 g/mol. The number of hydrogen-bond acceptors (Lipinski definition) is 5. The van der Waals surface area contributed by atoms with Gasteiger partial charge in [0.2, 0.25) is 0 Å². The summed E-state index contributed by atoms with van der Waals surface area (Å²) in [5.41, 5.74) is 2.44. The maximum atomic E-state index is 13.5. The Balaban J connectivity index is 1.77. The summed E-state index contributed by atoms with van der Waals surface area (Å²) >= 11 is 1.33. The van der Waals surface area contributed by atoms with Crippen LogP contribution in [0.4, 0.5) is 0 Å². The van der Waals surface area contributed by atoms with Crippen LogP contribution in [0.1, 0.15) is 34.9 Å². The molecule has 0 radical (unpaired) electrons. The standard InChI is InChI=1S/C23H21N3O4S/c1-12-9-13(2)19-16(10-12)24-31-18(19)11-25-17-6-4-3-5-15(17)21(27)26(23(25)30)20(22(28)29)14-7-8-14/h3-6,9-10,14,20H,7-8,11H2,1-2H3,(H,28,29)/t20-/m1/s1. The zero-order chi connectivity index (χ0) is 21.9. The highest BCUT2D eigenvalue weighted by atomic mass is 32.1. The summed E-state index contributed by atoms with van der Waals surface area (Å²) in [6.07, 6.45) is 1.40. The van der Waals surface area contributed by atoms with Crippen molar-refractivity contribution in [1.29, 1.82) is 0 Å². The Labute approximate surface area is 181 Å². The van der Waals surface area contributed by atoms with Gasteiger partial charge in [-0.1, -0.05) is 18.2 Å². The summed E-state index contributed by atoms with van der Waals surface area (Å²) < 4.78 is 7.01. The van der Waals surface area contributed by atoms with Crippen molar-refractivity contribution in [3.05, 3.63) is 73.2 Å². The fourth-order valence-electron chi connectivity index (χ4n) is 4.45. The third-order valence-corrected chi connectivity index (χ3v) is 6.82. The summed E-state index contributed by atoms with van der Waals surface area (Å²) in [4.78, 5) is 39.6. The molecule has 2 aromatic heterocycles. The first-order chi connectivity index (χ1) is 14.9. The highest BCUT2D eigenvalue weighted by Crippen LogP contribution is 2.39. The number of nitrogens with zero attached hydrogens (tertiary/aromatic N) is 3. The second kappa shape index (κ2) is 7.16. The molecule has 4 aromatic rings. The Morgan fingerprint density at radius 2 is 1.97 bits per heavy atom. The van der Waals surface area contributed by atoms with E-state index in [1.54, 1.807) is 24.3 Å². The molecule has 7 nitrogen and oxygen atoms in total. The van der Waals surface area contributed by atoms with Gasteiger partial charge < -0.3 is 5.11 Å². The minimum atomic E-state index is -1.14. The molecule has 31 heavy (non-hydrogen) atoms. The molecule has 1 aliphatic rings. The number of fused-ring (bicyclic) bond motifs is 2. The maximum absolute atomic E-state index is 13.5. The number of aromatic nitrogens is 3. The molecule has 8 heteroatoms. The van der Waals surface area contributed by atoms with Gasteiger partial charge in [-0.2, -0.15) is 4.37 Å². The van der Waals surface area contributed by atoms with Crippen LogP contribution in [-0.2, 0) is 11.3 Å². The summed E-state index contributed by atoms with van der Waals surface area (Å²) in [5, 5.41) is 11.1. The van der Waals surface area contributed by atoms with Crippen molar-refractivity contribution >= 4 is 39.3 Å². The Morgan fingerprint density at radius 1 is 1.23 bits per heavy atom. The van der Waals surface area contributed by atoms with E-state index < -0.39 is 23.3 Å². The van der Waals surface area contributed by atoms with Gasteiger partial charge in [0.25, 0.3) is 5.56 Å². The molecule has 158 valence electrons. The molecule has 1 saturated carbocycles. The number of benzene rings is 2. The zero-order valence-corrected chi connectivity index (χ0v) is 18.0. The van der Waals surface area contributed by atoms with Crippen LogP contribution in [0.5, 0.6) is 0 Å². The number of rotatable bonds is 5. The second-order valence-electron chi connectivity index (χ2n) is 8.26. The van der Waals surface area contributed by atoms with Crippen LogP contribution in [-0.4, -0.2) is 24.6 Å². The largest absolute Gasteiger partial charge is 0.480 e. The van der Waals surface area contributed by atoms with Crippen LogP contribution >= 0.6 is 11.5 Å². The van der Waals surface area contributed by atoms with Crippen molar-refractivity contribution < 1.29 is 9.90 Å². The van der Waals surface area contributed by atoms with Gasteiger partial charge in [-0.3, -0.25) is 9.36 Å². The number of hydrogen-bond donors (Lipinski definition) is 1. The smallest absolute Gasteiger partial charge is 0.332 e. The van der Waals surface area contributed by atoms with Crippen LogP contribution in [0.15, 0.2) is 46.0 Å². The van der Waals surface area contributed by atoms with Crippen LogP contribution in [0, 0.1) is 19.8 Å². The summed E-state index contributed by atoms with van der Waals surface area (Å²) in [6, 6.07) is 9.83. The van der Waals surface area contributed by atoms with Gasteiger partial charge in [0.05, 0.1) is 27.8 Å².